The molecule has 0 aromatic rings. The van der Waals surface area contributed by atoms with Crippen LogP contribution in [0.2, 0.25) is 0 Å². The van der Waals surface area contributed by atoms with Crippen molar-refractivity contribution in [3.05, 3.63) is 0 Å². The van der Waals surface area contributed by atoms with Crippen LogP contribution in [0.15, 0.2) is 0 Å². The summed E-state index contributed by atoms with van der Waals surface area (Å²) in [5.41, 5.74) is 0. The maximum atomic E-state index is 8.25. The molecular formula is H4NiO3TiZr. The van der Waals surface area contributed by atoms with E-state index in [9.17, 15) is 0 Å². The molecule has 0 atom stereocenters. The number of hydrogen-bond donors (Lipinski definition) is 0. The first kappa shape index (κ1) is 45.9. The predicted molar refractivity (Wildman–Crippen MR) is 7.91 cm³/mol. The van der Waals surface area contributed by atoms with Gasteiger partial charge in [0, 0.05) is 42.7 Å². The Labute approximate surface area is 76.6 Å². The molecule has 0 aliphatic heterocycles. The Morgan fingerprint density at radius 2 is 1.00 bits per heavy atom. The van der Waals surface area contributed by atoms with Crippen LogP contribution in [0, 0.1) is 0 Å². The SMILES string of the molecule is O.O.[Ni].[O]=[Ti].[Zr]. The fraction of sp³-hybridized carbons (Fsp3) is 0. The molecule has 0 amide bonds. The van der Waals surface area contributed by atoms with Crippen LogP contribution in [0.3, 0.4) is 0 Å². The Hall–Kier alpha value is 1.81. The molecule has 0 bridgehead atoms. The Bertz CT molecular complexity index is 10.8. The molecule has 40 valence electrons. The molecule has 0 aliphatic rings. The van der Waals surface area contributed by atoms with Crippen molar-refractivity contribution >= 4 is 0 Å². The zero-order valence-electron chi connectivity index (χ0n) is 2.72. The van der Waals surface area contributed by atoms with Crippen LogP contribution in [0.4, 0.5) is 0 Å². The molecule has 0 fully saturated rings. The van der Waals surface area contributed by atoms with Gasteiger partial charge in [-0.05, 0) is 0 Å². The summed E-state index contributed by atoms with van der Waals surface area (Å²) in [6, 6.07) is 0. The third kappa shape index (κ3) is 41.0. The van der Waals surface area contributed by atoms with E-state index in [-0.39, 0.29) is 53.6 Å². The summed E-state index contributed by atoms with van der Waals surface area (Å²) in [6.07, 6.45) is 0. The van der Waals surface area contributed by atoms with E-state index < -0.39 is 0 Å². The molecule has 0 saturated carbocycles. The maximum absolute atomic E-state index is 8.25. The maximum Gasteiger partial charge on any atom is 0 e. The fourth-order valence-electron chi connectivity index (χ4n) is 0. The standard InChI is InChI=1S/Ni.2H2O.O.Ti.Zr/h;2*1H2;;;. The van der Waals surface area contributed by atoms with Crippen LogP contribution in [0.5, 0.6) is 0 Å². The zero-order chi connectivity index (χ0) is 2.00. The van der Waals surface area contributed by atoms with Gasteiger partial charge in [0.2, 0.25) is 0 Å². The van der Waals surface area contributed by atoms with Crippen LogP contribution in [-0.2, 0) is 66.4 Å². The van der Waals surface area contributed by atoms with Gasteiger partial charge in [-0.2, -0.15) is 0 Å². The van der Waals surface area contributed by atoms with E-state index in [0.717, 1.165) is 20.4 Å². The Kier molecular flexibility index (Phi) is 536. The van der Waals surface area contributed by atoms with Gasteiger partial charge < -0.3 is 11.0 Å². The van der Waals surface area contributed by atoms with Crippen molar-refractivity contribution in [1.29, 1.82) is 0 Å². The second-order valence-corrected chi connectivity index (χ2v) is 0. The molecule has 0 saturated heterocycles. The Morgan fingerprint density at radius 3 is 1.00 bits per heavy atom. The van der Waals surface area contributed by atoms with E-state index in [1.807, 2.05) is 0 Å². The quantitative estimate of drug-likeness (QED) is 0.468. The molecule has 6 heavy (non-hydrogen) atoms. The van der Waals surface area contributed by atoms with Gasteiger partial charge in [-0.15, -0.1) is 0 Å². The molecule has 4 N–H and O–H groups in total. The molecule has 6 heteroatoms. The van der Waals surface area contributed by atoms with Crippen molar-refractivity contribution in [3.63, 3.8) is 0 Å². The molecule has 0 unspecified atom stereocenters. The van der Waals surface area contributed by atoms with Crippen molar-refractivity contribution in [2.24, 2.45) is 0 Å². The van der Waals surface area contributed by atoms with Crippen LogP contribution < -0.4 is 0 Å². The molecule has 0 aromatic carbocycles. The molecule has 0 radical (unpaired) electrons. The van der Waals surface area contributed by atoms with E-state index in [2.05, 4.69) is 0 Å². The van der Waals surface area contributed by atoms with E-state index in [4.69, 9.17) is 3.32 Å². The van der Waals surface area contributed by atoms with Gasteiger partial charge in [-0.3, -0.25) is 0 Å². The molecule has 0 spiro atoms. The minimum atomic E-state index is 0. The van der Waals surface area contributed by atoms with Crippen molar-refractivity contribution in [2.75, 3.05) is 0 Å². The summed E-state index contributed by atoms with van der Waals surface area (Å²) >= 11 is 0.750. The van der Waals surface area contributed by atoms with Crippen molar-refractivity contribution < 1.29 is 77.4 Å². The molecular weight excluding hydrogens is 246 g/mol. The number of rotatable bonds is 0. The van der Waals surface area contributed by atoms with Crippen LogP contribution in [0.1, 0.15) is 0 Å². The first-order valence-electron chi connectivity index (χ1n) is 0.204. The molecule has 0 aliphatic carbocycles. The normalized spacial score (nSPS) is 0.500. The fourth-order valence-corrected chi connectivity index (χ4v) is 0. The minimum Gasteiger partial charge on any atom is 0 e. The first-order chi connectivity index (χ1) is 1.00. The summed E-state index contributed by atoms with van der Waals surface area (Å²) in [7, 11) is 0. The van der Waals surface area contributed by atoms with Crippen LogP contribution in [0.25, 0.3) is 0 Å². The molecule has 0 rings (SSSR count). The van der Waals surface area contributed by atoms with Gasteiger partial charge in [-0.25, -0.2) is 0 Å². The third-order valence-corrected chi connectivity index (χ3v) is 0. The van der Waals surface area contributed by atoms with Crippen molar-refractivity contribution in [2.45, 2.75) is 0 Å². The molecule has 0 aromatic heterocycles. The summed E-state index contributed by atoms with van der Waals surface area (Å²) in [4.78, 5) is 0. The molecule has 3 nitrogen and oxygen atoms in total. The summed E-state index contributed by atoms with van der Waals surface area (Å²) < 4.78 is 8.25. The average Bonchev–Trinajstić information content (AvgIpc) is 1.00. The second kappa shape index (κ2) is 70.1. The largest absolute Gasteiger partial charge is 0 e. The topological polar surface area (TPSA) is 80.1 Å². The monoisotopic (exact) mass is 248 g/mol. The summed E-state index contributed by atoms with van der Waals surface area (Å²) in [5, 5.41) is 0. The van der Waals surface area contributed by atoms with E-state index in [1.54, 1.807) is 0 Å². The van der Waals surface area contributed by atoms with E-state index in [1.165, 1.54) is 0 Å². The average molecular weight is 250 g/mol. The predicted octanol–water partition coefficient (Wildman–Crippen LogP) is -1.78. The number of hydrogen-bond acceptors (Lipinski definition) is 1. The van der Waals surface area contributed by atoms with Crippen LogP contribution in [-0.4, -0.2) is 11.0 Å². The second-order valence-electron chi connectivity index (χ2n) is 0. The van der Waals surface area contributed by atoms with Gasteiger partial charge in [0.25, 0.3) is 0 Å². The van der Waals surface area contributed by atoms with Crippen molar-refractivity contribution in [3.8, 4) is 0 Å². The van der Waals surface area contributed by atoms with Crippen LogP contribution >= 0.6 is 0 Å². The van der Waals surface area contributed by atoms with Gasteiger partial charge in [-0.1, -0.05) is 0 Å². The first-order valence-corrected chi connectivity index (χ1v) is 0.842. The minimum absolute atomic E-state index is 0. The van der Waals surface area contributed by atoms with Gasteiger partial charge in [0.05, 0.1) is 0 Å². The van der Waals surface area contributed by atoms with Gasteiger partial charge >= 0.3 is 23.7 Å². The van der Waals surface area contributed by atoms with E-state index in [0.29, 0.717) is 0 Å². The third-order valence-electron chi connectivity index (χ3n) is 0. The van der Waals surface area contributed by atoms with E-state index >= 15 is 0 Å². The summed E-state index contributed by atoms with van der Waals surface area (Å²) in [5.74, 6) is 0. The van der Waals surface area contributed by atoms with Gasteiger partial charge in [0.15, 0.2) is 0 Å². The summed E-state index contributed by atoms with van der Waals surface area (Å²) in [6.45, 7) is 0. The van der Waals surface area contributed by atoms with Crippen molar-refractivity contribution in [1.82, 2.24) is 0 Å². The van der Waals surface area contributed by atoms with Gasteiger partial charge in [0.1, 0.15) is 0 Å². The molecule has 0 heterocycles. The smallest absolute Gasteiger partial charge is 0 e. The zero-order valence-corrected chi connectivity index (χ0v) is 7.73. The Balaban J connectivity index is -0.000000000833. The Morgan fingerprint density at radius 1 is 1.00 bits per heavy atom.